The van der Waals surface area contributed by atoms with Gasteiger partial charge in [-0.05, 0) is 10.8 Å². The topological polar surface area (TPSA) is 98.4 Å². The van der Waals surface area contributed by atoms with Gasteiger partial charge in [-0.3, -0.25) is 9.59 Å². The van der Waals surface area contributed by atoms with Crippen molar-refractivity contribution in [1.29, 1.82) is 0 Å². The van der Waals surface area contributed by atoms with Crippen molar-refractivity contribution in [2.24, 2.45) is 16.7 Å². The summed E-state index contributed by atoms with van der Waals surface area (Å²) in [4.78, 5) is 20.0. The predicted molar refractivity (Wildman–Crippen MR) is 111 cm³/mol. The number of nitrogens with one attached hydrogen (secondary N) is 1. The van der Waals surface area contributed by atoms with Gasteiger partial charge in [-0.2, -0.15) is 12.0 Å². The second kappa shape index (κ2) is 17.1. The van der Waals surface area contributed by atoms with Crippen molar-refractivity contribution in [3.8, 4) is 0 Å². The van der Waals surface area contributed by atoms with Crippen LogP contribution in [0.5, 0.6) is 0 Å². The zero-order chi connectivity index (χ0) is 22.3. The van der Waals surface area contributed by atoms with E-state index in [4.69, 9.17) is 34.8 Å². The van der Waals surface area contributed by atoms with Gasteiger partial charge in [0.1, 0.15) is 0 Å². The van der Waals surface area contributed by atoms with E-state index in [0.717, 1.165) is 6.42 Å². The molecule has 1 saturated carbocycles. The van der Waals surface area contributed by atoms with Crippen molar-refractivity contribution in [1.82, 2.24) is 0 Å². The first kappa shape index (κ1) is 31.9. The summed E-state index contributed by atoms with van der Waals surface area (Å²) in [5.41, 5.74) is 7.26. The molecule has 0 spiro atoms. The molecule has 1 aliphatic rings. The van der Waals surface area contributed by atoms with E-state index < -0.39 is 28.4 Å². The molecule has 27 heavy (non-hydrogen) atoms. The Hall–Kier alpha value is 0.168. The zero-order valence-corrected chi connectivity index (χ0v) is 21.2. The van der Waals surface area contributed by atoms with Crippen molar-refractivity contribution in [2.45, 2.75) is 86.1 Å². The van der Waals surface area contributed by atoms with Gasteiger partial charge in [-0.1, -0.05) is 67.2 Å². The first-order valence-electron chi connectivity index (χ1n) is 8.86. The quantitative estimate of drug-likeness (QED) is 0.336. The van der Waals surface area contributed by atoms with Crippen LogP contribution in [0.3, 0.4) is 0 Å². The SMILES string of the molecule is CC(C)(C)CC(=O)O.CC(C)(C)CC(=O)O.[CH2-][C@@H]1CCCC[C@H]1[NH-].[Cl][Pt+2][Cl]. The van der Waals surface area contributed by atoms with E-state index in [1.54, 1.807) is 0 Å². The van der Waals surface area contributed by atoms with Crippen LogP contribution >= 0.6 is 18.8 Å². The molecular weight excluding hydrogens is 572 g/mol. The summed E-state index contributed by atoms with van der Waals surface area (Å²) in [7, 11) is 9.75. The third-order valence-corrected chi connectivity index (χ3v) is 3.27. The molecule has 3 N–H and O–H groups in total. The number of carboxylic acids is 2. The maximum absolute atomic E-state index is 10.0. The van der Waals surface area contributed by atoms with E-state index in [-0.39, 0.29) is 29.7 Å². The van der Waals surface area contributed by atoms with Crippen LogP contribution in [0, 0.1) is 23.7 Å². The Morgan fingerprint density at radius 3 is 1.37 bits per heavy atom. The van der Waals surface area contributed by atoms with Crippen LogP contribution in [-0.2, 0) is 26.1 Å². The molecular formula is C19H37Cl2NO4Pt. The molecule has 0 saturated heterocycles. The molecule has 0 amide bonds. The van der Waals surface area contributed by atoms with E-state index in [2.05, 4.69) is 6.92 Å². The van der Waals surface area contributed by atoms with Gasteiger partial charge in [0, 0.05) is 0 Å². The Bertz CT molecular complexity index is 360. The third-order valence-electron chi connectivity index (χ3n) is 3.27. The Kier molecular flexibility index (Phi) is 20.1. The van der Waals surface area contributed by atoms with Crippen molar-refractivity contribution >= 4 is 30.8 Å². The van der Waals surface area contributed by atoms with Gasteiger partial charge in [-0.25, -0.2) is 0 Å². The molecule has 0 aromatic rings. The Morgan fingerprint density at radius 1 is 0.963 bits per heavy atom. The summed E-state index contributed by atoms with van der Waals surface area (Å²) in [5, 5.41) is 16.5. The van der Waals surface area contributed by atoms with Gasteiger partial charge in [0.15, 0.2) is 0 Å². The van der Waals surface area contributed by atoms with Crippen LogP contribution < -0.4 is 0 Å². The van der Waals surface area contributed by atoms with Gasteiger partial charge in [0.05, 0.1) is 12.8 Å². The second-order valence-electron chi connectivity index (χ2n) is 8.96. The zero-order valence-electron chi connectivity index (χ0n) is 17.4. The van der Waals surface area contributed by atoms with Crippen LogP contribution in [-0.4, -0.2) is 28.2 Å². The summed E-state index contributed by atoms with van der Waals surface area (Å²) in [6, 6.07) is 0.142. The second-order valence-corrected chi connectivity index (χ2v) is 12.2. The number of halogens is 2. The van der Waals surface area contributed by atoms with Crippen molar-refractivity contribution < 1.29 is 36.3 Å². The fourth-order valence-corrected chi connectivity index (χ4v) is 2.12. The van der Waals surface area contributed by atoms with Crippen LogP contribution in [0.25, 0.3) is 5.73 Å². The molecule has 0 heterocycles. The summed E-state index contributed by atoms with van der Waals surface area (Å²) < 4.78 is 0. The maximum atomic E-state index is 10.0. The summed E-state index contributed by atoms with van der Waals surface area (Å²) in [5.74, 6) is -1.03. The van der Waals surface area contributed by atoms with Crippen molar-refractivity contribution in [2.75, 3.05) is 0 Å². The first-order valence-corrected chi connectivity index (χ1v) is 14.5. The van der Waals surface area contributed by atoms with E-state index in [1.165, 1.54) is 19.3 Å². The number of carboxylic acid groups (broad SMARTS) is 2. The Balaban J connectivity index is -0.000000298. The van der Waals surface area contributed by atoms with Gasteiger partial charge >= 0.3 is 47.3 Å². The molecule has 8 heteroatoms. The number of hydrogen-bond donors (Lipinski definition) is 2. The summed E-state index contributed by atoms with van der Waals surface area (Å²) >= 11 is -0.472. The number of carbonyl (C=O) groups is 2. The van der Waals surface area contributed by atoms with Crippen LogP contribution in [0.2, 0.25) is 0 Å². The molecule has 166 valence electrons. The average molecular weight is 609 g/mol. The van der Waals surface area contributed by atoms with Gasteiger partial charge < -0.3 is 22.9 Å². The molecule has 0 aromatic carbocycles. The number of hydrogen-bond acceptors (Lipinski definition) is 2. The Morgan fingerprint density at radius 2 is 1.26 bits per heavy atom. The molecule has 0 radical (unpaired) electrons. The van der Waals surface area contributed by atoms with Crippen molar-refractivity contribution in [3.05, 3.63) is 12.7 Å². The van der Waals surface area contributed by atoms with E-state index >= 15 is 0 Å². The monoisotopic (exact) mass is 608 g/mol. The van der Waals surface area contributed by atoms with E-state index in [1.807, 2.05) is 41.5 Å². The van der Waals surface area contributed by atoms with E-state index in [9.17, 15) is 9.59 Å². The average Bonchev–Trinajstić information content (AvgIpc) is 2.38. The minimum absolute atomic E-state index is 0.0775. The molecule has 0 aliphatic heterocycles. The van der Waals surface area contributed by atoms with Gasteiger partial charge in [0.25, 0.3) is 0 Å². The first-order chi connectivity index (χ1) is 12.1. The molecule has 0 aromatic heterocycles. The minimum atomic E-state index is -0.725. The van der Waals surface area contributed by atoms with Crippen LogP contribution in [0.1, 0.15) is 80.1 Å². The molecule has 1 fully saturated rings. The number of aliphatic carboxylic acids is 2. The molecule has 5 nitrogen and oxygen atoms in total. The molecule has 0 unspecified atom stereocenters. The van der Waals surface area contributed by atoms with Crippen molar-refractivity contribution in [3.63, 3.8) is 0 Å². The standard InChI is InChI=1S/C7H13N.2C6H12O2.2ClH.Pt/c1-6-4-2-3-5-7(6)8;2*1-6(2,3)4-5(7)8;;;/h6-8H,1-5H2;2*4H2,1-3H3,(H,7,8);2*1H;/q-2;;;;;+4/p-2/t6-,7-;;;;;/m1...../s1. The summed E-state index contributed by atoms with van der Waals surface area (Å²) in [6.07, 6.45) is 5.28. The molecule has 2 atom stereocenters. The third kappa shape index (κ3) is 34.1. The fraction of sp³-hybridized carbons (Fsp3) is 0.842. The normalized spacial score (nSPS) is 19.3. The number of rotatable bonds is 2. The molecule has 1 aliphatic carbocycles. The van der Waals surface area contributed by atoms with Gasteiger partial charge in [0.2, 0.25) is 0 Å². The predicted octanol–water partition coefficient (Wildman–Crippen LogP) is 6.82. The fourth-order valence-electron chi connectivity index (χ4n) is 2.12. The molecule has 0 bridgehead atoms. The van der Waals surface area contributed by atoms with Gasteiger partial charge in [-0.15, -0.1) is 0 Å². The van der Waals surface area contributed by atoms with Crippen LogP contribution in [0.4, 0.5) is 0 Å². The van der Waals surface area contributed by atoms with E-state index in [0.29, 0.717) is 5.92 Å². The molecule has 1 rings (SSSR count). The summed E-state index contributed by atoms with van der Waals surface area (Å²) in [6.45, 7) is 15.3. The van der Waals surface area contributed by atoms with Crippen LogP contribution in [0.15, 0.2) is 0 Å². The Labute approximate surface area is 182 Å².